The van der Waals surface area contributed by atoms with Crippen LogP contribution in [-0.2, 0) is 10.7 Å². The van der Waals surface area contributed by atoms with Crippen molar-refractivity contribution in [2.24, 2.45) is 5.92 Å². The fourth-order valence-electron chi connectivity index (χ4n) is 4.35. The third-order valence-corrected chi connectivity index (χ3v) is 6.52. The number of nitrogens with zero attached hydrogens (tertiary/aromatic N) is 3. The molecule has 1 aromatic heterocycles. The number of aliphatic hydroxyl groups excluding tert-OH is 1. The highest BCUT2D eigenvalue weighted by Gasteiger charge is 2.33. The molecule has 2 aliphatic heterocycles. The summed E-state index contributed by atoms with van der Waals surface area (Å²) in [6, 6.07) is 5.35. The van der Waals surface area contributed by atoms with Gasteiger partial charge in [-0.25, -0.2) is 0 Å². The summed E-state index contributed by atoms with van der Waals surface area (Å²) in [5.41, 5.74) is 1.98. The molecule has 0 saturated carbocycles. The maximum absolute atomic E-state index is 13.3. The van der Waals surface area contributed by atoms with Gasteiger partial charge in [0, 0.05) is 37.3 Å². The topological polar surface area (TPSA) is 110 Å². The van der Waals surface area contributed by atoms with E-state index in [4.69, 9.17) is 9.47 Å². The molecule has 196 valence electrons. The number of ether oxygens (including phenoxy) is 2. The van der Waals surface area contributed by atoms with Crippen LogP contribution in [0.25, 0.3) is 0 Å². The SMILES string of the molecule is Cc1cc(OCCCC2CCN(c3noc(C(C)(F)F)n3)CC2)ccc1C(=O)N/C=C1/COCC1O. The second-order valence-electron chi connectivity index (χ2n) is 9.41. The Bertz CT molecular complexity index is 1080. The van der Waals surface area contributed by atoms with Gasteiger partial charge in [-0.2, -0.15) is 13.8 Å². The minimum Gasteiger partial charge on any atom is -0.494 e. The molecule has 0 radical (unpaired) electrons. The summed E-state index contributed by atoms with van der Waals surface area (Å²) in [6.07, 6.45) is 4.58. The third kappa shape index (κ3) is 6.58. The number of rotatable bonds is 9. The Morgan fingerprint density at radius 2 is 2.14 bits per heavy atom. The summed E-state index contributed by atoms with van der Waals surface area (Å²) in [4.78, 5) is 18.2. The normalized spacial score (nSPS) is 20.2. The summed E-state index contributed by atoms with van der Waals surface area (Å²) >= 11 is 0. The summed E-state index contributed by atoms with van der Waals surface area (Å²) in [6.45, 7) is 5.11. The summed E-state index contributed by atoms with van der Waals surface area (Å²) in [7, 11) is 0. The molecule has 1 unspecified atom stereocenters. The monoisotopic (exact) mass is 506 g/mol. The first-order chi connectivity index (χ1) is 17.2. The standard InChI is InChI=1S/C25H32F2N4O5/c1-16-12-19(5-6-20(16)22(33)28-13-18-14-34-15-21(18)32)35-11-3-4-17-7-9-31(10-8-17)24-29-23(36-30-24)25(2,26)27/h5-6,12-13,17,21,32H,3-4,7-11,14-15H2,1-2H3,(H,28,33)/b18-13-. The maximum atomic E-state index is 13.3. The molecule has 2 fully saturated rings. The third-order valence-electron chi connectivity index (χ3n) is 6.52. The van der Waals surface area contributed by atoms with Gasteiger partial charge < -0.3 is 29.3 Å². The Kier molecular flexibility index (Phi) is 8.20. The predicted octanol–water partition coefficient (Wildman–Crippen LogP) is 3.57. The maximum Gasteiger partial charge on any atom is 0.322 e. The van der Waals surface area contributed by atoms with E-state index in [0.717, 1.165) is 38.2 Å². The van der Waals surface area contributed by atoms with E-state index in [9.17, 15) is 18.7 Å². The number of halogens is 2. The number of aryl methyl sites for hydroxylation is 1. The van der Waals surface area contributed by atoms with Gasteiger partial charge in [0.05, 0.1) is 19.8 Å². The van der Waals surface area contributed by atoms with Gasteiger partial charge >= 0.3 is 5.92 Å². The first-order valence-corrected chi connectivity index (χ1v) is 12.2. The molecule has 2 N–H and O–H groups in total. The number of aromatic nitrogens is 2. The molecule has 1 amide bonds. The molecule has 11 heteroatoms. The van der Waals surface area contributed by atoms with Gasteiger partial charge in [-0.05, 0) is 67.4 Å². The summed E-state index contributed by atoms with van der Waals surface area (Å²) in [5, 5.41) is 16.1. The van der Waals surface area contributed by atoms with Gasteiger partial charge in [0.2, 0.25) is 0 Å². The molecule has 2 saturated heterocycles. The van der Waals surface area contributed by atoms with Crippen molar-refractivity contribution in [2.75, 3.05) is 37.8 Å². The van der Waals surface area contributed by atoms with Crippen LogP contribution in [0.3, 0.4) is 0 Å². The van der Waals surface area contributed by atoms with E-state index >= 15 is 0 Å². The highest BCUT2D eigenvalue weighted by Crippen LogP contribution is 2.29. The van der Waals surface area contributed by atoms with Crippen LogP contribution >= 0.6 is 0 Å². The Hall–Kier alpha value is -3.05. The number of hydrogen-bond donors (Lipinski definition) is 2. The second-order valence-corrected chi connectivity index (χ2v) is 9.41. The molecular weight excluding hydrogens is 474 g/mol. The molecule has 2 aliphatic rings. The van der Waals surface area contributed by atoms with Crippen LogP contribution in [0.15, 0.2) is 34.5 Å². The van der Waals surface area contributed by atoms with Gasteiger partial charge in [-0.15, -0.1) is 0 Å². The largest absolute Gasteiger partial charge is 0.494 e. The average molecular weight is 507 g/mol. The summed E-state index contributed by atoms with van der Waals surface area (Å²) < 4.78 is 42.3. The van der Waals surface area contributed by atoms with Gasteiger partial charge in [0.1, 0.15) is 11.9 Å². The molecule has 0 bridgehead atoms. The van der Waals surface area contributed by atoms with Crippen molar-refractivity contribution < 1.29 is 32.7 Å². The average Bonchev–Trinajstić information content (AvgIpc) is 3.50. The number of benzene rings is 1. The van der Waals surface area contributed by atoms with E-state index in [1.807, 2.05) is 17.9 Å². The highest BCUT2D eigenvalue weighted by atomic mass is 19.3. The number of hydrogen-bond acceptors (Lipinski definition) is 8. The first-order valence-electron chi connectivity index (χ1n) is 12.2. The van der Waals surface area contributed by atoms with Crippen LogP contribution in [0, 0.1) is 12.8 Å². The molecule has 0 spiro atoms. The van der Waals surface area contributed by atoms with E-state index in [0.29, 0.717) is 49.1 Å². The Morgan fingerprint density at radius 3 is 2.78 bits per heavy atom. The fourth-order valence-corrected chi connectivity index (χ4v) is 4.35. The number of nitrogens with one attached hydrogen (secondary N) is 1. The first kappa shape index (κ1) is 26.0. The van der Waals surface area contributed by atoms with Crippen molar-refractivity contribution in [3.8, 4) is 5.75 Å². The summed E-state index contributed by atoms with van der Waals surface area (Å²) in [5.74, 6) is -2.59. The number of carbonyl (C=O) groups is 1. The van der Waals surface area contributed by atoms with Gasteiger partial charge in [0.15, 0.2) is 0 Å². The van der Waals surface area contributed by atoms with E-state index < -0.39 is 17.9 Å². The quantitative estimate of drug-likeness (QED) is 0.497. The van der Waals surface area contributed by atoms with Crippen LogP contribution in [0.1, 0.15) is 54.4 Å². The van der Waals surface area contributed by atoms with E-state index in [1.165, 1.54) is 6.20 Å². The van der Waals surface area contributed by atoms with Crippen molar-refractivity contribution in [3.05, 3.63) is 47.0 Å². The minimum atomic E-state index is -3.14. The zero-order valence-corrected chi connectivity index (χ0v) is 20.5. The van der Waals surface area contributed by atoms with Crippen molar-refractivity contribution >= 4 is 11.9 Å². The fraction of sp³-hybridized carbons (Fsp3) is 0.560. The molecule has 9 nitrogen and oxygen atoms in total. The van der Waals surface area contributed by atoms with Gasteiger partial charge in [0.25, 0.3) is 17.7 Å². The molecule has 4 rings (SSSR count). The molecule has 3 heterocycles. The van der Waals surface area contributed by atoms with Gasteiger partial charge in [-0.3, -0.25) is 4.79 Å². The van der Waals surface area contributed by atoms with E-state index in [2.05, 4.69) is 20.0 Å². The molecule has 2 aromatic rings. The molecule has 36 heavy (non-hydrogen) atoms. The number of amides is 1. The molecular formula is C25H32F2N4O5. The number of anilines is 1. The molecule has 0 aliphatic carbocycles. The highest BCUT2D eigenvalue weighted by molar-refractivity contribution is 5.96. The van der Waals surface area contributed by atoms with Crippen LogP contribution in [0.4, 0.5) is 14.7 Å². The number of aliphatic hydroxyl groups is 1. The Morgan fingerprint density at radius 1 is 1.36 bits per heavy atom. The van der Waals surface area contributed by atoms with Crippen LogP contribution in [0.5, 0.6) is 5.75 Å². The lowest BCUT2D eigenvalue weighted by Gasteiger charge is -2.30. The molecule has 1 aromatic carbocycles. The van der Waals surface area contributed by atoms with E-state index in [1.54, 1.807) is 12.1 Å². The second kappa shape index (κ2) is 11.3. The number of alkyl halides is 2. The lowest BCUT2D eigenvalue weighted by Crippen LogP contribution is -2.34. The van der Waals surface area contributed by atoms with Crippen molar-refractivity contribution in [2.45, 2.75) is 51.6 Å². The number of piperidine rings is 1. The zero-order valence-electron chi connectivity index (χ0n) is 20.5. The predicted molar refractivity (Wildman–Crippen MR) is 127 cm³/mol. The minimum absolute atomic E-state index is 0.225. The van der Waals surface area contributed by atoms with Gasteiger partial charge in [-0.1, -0.05) is 0 Å². The smallest absolute Gasteiger partial charge is 0.322 e. The van der Waals surface area contributed by atoms with Crippen molar-refractivity contribution in [3.63, 3.8) is 0 Å². The molecule has 1 atom stereocenters. The Labute approximate surface area is 208 Å². The van der Waals surface area contributed by atoms with Crippen LogP contribution < -0.4 is 15.0 Å². The van der Waals surface area contributed by atoms with E-state index in [-0.39, 0.29) is 18.5 Å². The van der Waals surface area contributed by atoms with Crippen molar-refractivity contribution in [1.82, 2.24) is 15.5 Å². The zero-order chi connectivity index (χ0) is 25.7. The lowest BCUT2D eigenvalue weighted by molar-refractivity contribution is -0.0158. The lowest BCUT2D eigenvalue weighted by atomic mass is 9.92. The van der Waals surface area contributed by atoms with Crippen LogP contribution in [-0.4, -0.2) is 60.2 Å². The van der Waals surface area contributed by atoms with Crippen molar-refractivity contribution in [1.29, 1.82) is 0 Å². The Balaban J connectivity index is 1.17. The number of carbonyl (C=O) groups excluding carboxylic acids is 1. The van der Waals surface area contributed by atoms with Crippen LogP contribution in [0.2, 0.25) is 0 Å².